The van der Waals surface area contributed by atoms with Crippen LogP contribution in [0.25, 0.3) is 11.4 Å². The van der Waals surface area contributed by atoms with Crippen molar-refractivity contribution in [2.45, 2.75) is 19.9 Å². The third kappa shape index (κ3) is 3.36. The number of esters is 1. The normalized spacial score (nSPS) is 15.4. The molecule has 1 atom stereocenters. The van der Waals surface area contributed by atoms with Crippen molar-refractivity contribution >= 4 is 11.9 Å². The highest BCUT2D eigenvalue weighted by atomic mass is 16.5. The second-order valence-corrected chi connectivity index (χ2v) is 6.79. The maximum Gasteiger partial charge on any atom is 0.338 e. The van der Waals surface area contributed by atoms with Gasteiger partial charge in [-0.15, -0.1) is 5.10 Å². The lowest BCUT2D eigenvalue weighted by Crippen LogP contribution is -2.29. The van der Waals surface area contributed by atoms with Gasteiger partial charge >= 0.3 is 5.97 Å². The number of anilines is 1. The first-order chi connectivity index (χ1) is 14.5. The summed E-state index contributed by atoms with van der Waals surface area (Å²) >= 11 is 0. The van der Waals surface area contributed by atoms with E-state index < -0.39 is 12.0 Å². The molecule has 0 spiro atoms. The van der Waals surface area contributed by atoms with E-state index in [1.165, 1.54) is 0 Å². The van der Waals surface area contributed by atoms with Crippen molar-refractivity contribution in [1.29, 1.82) is 0 Å². The number of benzene rings is 2. The van der Waals surface area contributed by atoms with Crippen LogP contribution in [0.3, 0.4) is 0 Å². The van der Waals surface area contributed by atoms with Crippen molar-refractivity contribution in [3.63, 3.8) is 0 Å². The van der Waals surface area contributed by atoms with Crippen LogP contribution in [-0.2, 0) is 9.53 Å². The minimum atomic E-state index is -0.608. The summed E-state index contributed by atoms with van der Waals surface area (Å²) in [5.41, 5.74) is 2.45. The lowest BCUT2D eigenvalue weighted by Gasteiger charge is -2.28. The van der Waals surface area contributed by atoms with Crippen molar-refractivity contribution in [1.82, 2.24) is 14.8 Å². The number of aromatic nitrogens is 3. The van der Waals surface area contributed by atoms with E-state index in [1.807, 2.05) is 30.3 Å². The summed E-state index contributed by atoms with van der Waals surface area (Å²) in [5.74, 6) is 1.23. The van der Waals surface area contributed by atoms with Crippen molar-refractivity contribution in [2.24, 2.45) is 0 Å². The predicted octanol–water partition coefficient (Wildman–Crippen LogP) is 3.51. The van der Waals surface area contributed by atoms with Crippen LogP contribution in [0.15, 0.2) is 59.8 Å². The number of para-hydroxylation sites is 1. The monoisotopic (exact) mass is 406 g/mol. The van der Waals surface area contributed by atoms with Gasteiger partial charge in [-0.2, -0.15) is 4.98 Å². The zero-order valence-electron chi connectivity index (χ0n) is 16.9. The van der Waals surface area contributed by atoms with E-state index in [-0.39, 0.29) is 12.4 Å². The molecule has 2 N–H and O–H groups in total. The summed E-state index contributed by atoms with van der Waals surface area (Å²) in [5, 5.41) is 17.9. The Labute approximate surface area is 173 Å². The number of carbonyl (C=O) groups excluding carboxylic acids is 1. The van der Waals surface area contributed by atoms with E-state index in [4.69, 9.17) is 9.47 Å². The molecule has 0 saturated heterocycles. The molecular formula is C22H22N4O4. The maximum absolute atomic E-state index is 12.8. The molecule has 1 aliphatic rings. The standard InChI is InChI=1S/C22H22N4O4/c1-4-30-21(28)18-13(2)23-22-24-20(16-10-5-6-11-17(16)29-3)25-26(22)19(18)14-8-7-9-15(27)12-14/h5-12,19,27H,4H2,1-3H3,(H,23,24,25). The fourth-order valence-electron chi connectivity index (χ4n) is 3.57. The van der Waals surface area contributed by atoms with Crippen LogP contribution in [0.5, 0.6) is 11.5 Å². The largest absolute Gasteiger partial charge is 0.508 e. The van der Waals surface area contributed by atoms with E-state index in [2.05, 4.69) is 15.4 Å². The van der Waals surface area contributed by atoms with E-state index in [0.29, 0.717) is 34.4 Å². The van der Waals surface area contributed by atoms with Crippen molar-refractivity contribution < 1.29 is 19.4 Å². The first kappa shape index (κ1) is 19.5. The summed E-state index contributed by atoms with van der Waals surface area (Å²) in [6, 6.07) is 13.6. The number of aromatic hydroxyl groups is 1. The first-order valence-corrected chi connectivity index (χ1v) is 9.57. The van der Waals surface area contributed by atoms with Gasteiger partial charge in [0.2, 0.25) is 5.95 Å². The Hall–Kier alpha value is -3.81. The number of rotatable bonds is 5. The topological polar surface area (TPSA) is 98.5 Å². The SMILES string of the molecule is CCOC(=O)C1=C(C)Nc2nc(-c3ccccc3OC)nn2C1c1cccc(O)c1. The van der Waals surface area contributed by atoms with E-state index in [1.54, 1.807) is 43.8 Å². The van der Waals surface area contributed by atoms with Crippen LogP contribution < -0.4 is 10.1 Å². The Kier molecular flexibility index (Phi) is 5.14. The molecule has 2 aromatic carbocycles. The minimum absolute atomic E-state index is 0.0958. The fourth-order valence-corrected chi connectivity index (χ4v) is 3.57. The molecule has 0 saturated carbocycles. The Morgan fingerprint density at radius 1 is 1.23 bits per heavy atom. The molecule has 2 heterocycles. The number of nitrogens with zero attached hydrogens (tertiary/aromatic N) is 3. The van der Waals surface area contributed by atoms with Crippen LogP contribution in [0.4, 0.5) is 5.95 Å². The lowest BCUT2D eigenvalue weighted by atomic mass is 9.95. The molecule has 1 aromatic heterocycles. The number of allylic oxidation sites excluding steroid dienone is 1. The molecule has 4 rings (SSSR count). The fraction of sp³-hybridized carbons (Fsp3) is 0.227. The molecule has 154 valence electrons. The van der Waals surface area contributed by atoms with Crippen LogP contribution in [0.2, 0.25) is 0 Å². The average Bonchev–Trinajstić information content (AvgIpc) is 3.16. The molecular weight excluding hydrogens is 384 g/mol. The van der Waals surface area contributed by atoms with Gasteiger partial charge in [-0.1, -0.05) is 24.3 Å². The molecule has 30 heavy (non-hydrogen) atoms. The quantitative estimate of drug-likeness (QED) is 0.626. The smallest absolute Gasteiger partial charge is 0.338 e. The Morgan fingerprint density at radius 2 is 2.03 bits per heavy atom. The summed E-state index contributed by atoms with van der Waals surface area (Å²) in [7, 11) is 1.59. The molecule has 1 aliphatic heterocycles. The van der Waals surface area contributed by atoms with E-state index >= 15 is 0 Å². The number of ether oxygens (including phenoxy) is 2. The zero-order valence-corrected chi connectivity index (χ0v) is 16.9. The van der Waals surface area contributed by atoms with Crippen LogP contribution in [0, 0.1) is 0 Å². The summed E-state index contributed by atoms with van der Waals surface area (Å²) in [6.45, 7) is 3.80. The second kappa shape index (κ2) is 7.90. The molecule has 3 aromatic rings. The molecule has 0 bridgehead atoms. The number of hydrogen-bond donors (Lipinski definition) is 2. The van der Waals surface area contributed by atoms with Crippen molar-refractivity contribution in [3.8, 4) is 22.9 Å². The van der Waals surface area contributed by atoms with Gasteiger partial charge in [-0.25, -0.2) is 9.48 Å². The summed E-state index contributed by atoms with van der Waals surface area (Å²) in [6.07, 6.45) is 0. The first-order valence-electron chi connectivity index (χ1n) is 9.57. The van der Waals surface area contributed by atoms with E-state index in [9.17, 15) is 9.90 Å². The van der Waals surface area contributed by atoms with Gasteiger partial charge in [-0.05, 0) is 43.7 Å². The Bertz CT molecular complexity index is 1140. The highest BCUT2D eigenvalue weighted by molar-refractivity contribution is 5.92. The van der Waals surface area contributed by atoms with Gasteiger partial charge in [0.1, 0.15) is 17.5 Å². The average molecular weight is 406 g/mol. The number of phenolic OH excluding ortho intramolecular Hbond substituents is 1. The van der Waals surface area contributed by atoms with Crippen LogP contribution >= 0.6 is 0 Å². The molecule has 0 aliphatic carbocycles. The van der Waals surface area contributed by atoms with Crippen LogP contribution in [0.1, 0.15) is 25.5 Å². The minimum Gasteiger partial charge on any atom is -0.508 e. The number of hydrogen-bond acceptors (Lipinski definition) is 7. The molecule has 1 unspecified atom stereocenters. The number of methoxy groups -OCH3 is 1. The Balaban J connectivity index is 1.89. The number of carbonyl (C=O) groups is 1. The second-order valence-electron chi connectivity index (χ2n) is 6.79. The van der Waals surface area contributed by atoms with Gasteiger partial charge in [0, 0.05) is 5.70 Å². The third-order valence-electron chi connectivity index (χ3n) is 4.88. The number of nitrogens with one attached hydrogen (secondary N) is 1. The number of fused-ring (bicyclic) bond motifs is 1. The van der Waals surface area contributed by atoms with Gasteiger partial charge in [0.05, 0.1) is 24.9 Å². The molecule has 8 heteroatoms. The molecule has 8 nitrogen and oxygen atoms in total. The van der Waals surface area contributed by atoms with Gasteiger partial charge < -0.3 is 19.9 Å². The van der Waals surface area contributed by atoms with Gasteiger partial charge in [0.25, 0.3) is 0 Å². The lowest BCUT2D eigenvalue weighted by molar-refractivity contribution is -0.139. The highest BCUT2D eigenvalue weighted by Gasteiger charge is 2.35. The van der Waals surface area contributed by atoms with Gasteiger partial charge in [-0.3, -0.25) is 0 Å². The summed E-state index contributed by atoms with van der Waals surface area (Å²) in [4.78, 5) is 17.4. The number of phenols is 1. The molecule has 0 amide bonds. The van der Waals surface area contributed by atoms with Crippen LogP contribution in [-0.4, -0.2) is 39.6 Å². The molecule has 0 fully saturated rings. The van der Waals surface area contributed by atoms with Crippen molar-refractivity contribution in [3.05, 3.63) is 65.4 Å². The van der Waals surface area contributed by atoms with Gasteiger partial charge in [0.15, 0.2) is 5.82 Å². The summed E-state index contributed by atoms with van der Waals surface area (Å²) < 4.78 is 12.4. The predicted molar refractivity (Wildman–Crippen MR) is 111 cm³/mol. The Morgan fingerprint density at radius 3 is 2.77 bits per heavy atom. The maximum atomic E-state index is 12.8. The zero-order chi connectivity index (χ0) is 21.3. The van der Waals surface area contributed by atoms with E-state index in [0.717, 1.165) is 5.56 Å². The van der Waals surface area contributed by atoms with Crippen molar-refractivity contribution in [2.75, 3.05) is 19.0 Å². The highest BCUT2D eigenvalue weighted by Crippen LogP contribution is 2.38. The molecule has 0 radical (unpaired) electrons. The third-order valence-corrected chi connectivity index (χ3v) is 4.88.